The molecule has 2 aromatic carbocycles. The second-order valence-electron chi connectivity index (χ2n) is 4.02. The van der Waals surface area contributed by atoms with Crippen LogP contribution in [0.4, 0.5) is 5.69 Å². The van der Waals surface area contributed by atoms with E-state index in [2.05, 4.69) is 5.32 Å². The smallest absolute Gasteiger partial charge is 0.228 e. The summed E-state index contributed by atoms with van der Waals surface area (Å²) < 4.78 is 0. The molecule has 0 heterocycles. The molecule has 0 aliphatic heterocycles. The third kappa shape index (κ3) is 3.88. The zero-order valence-electron chi connectivity index (χ0n) is 9.86. The molecule has 0 aliphatic rings. The molecule has 0 fully saturated rings. The summed E-state index contributed by atoms with van der Waals surface area (Å²) in [4.78, 5) is 11.8. The minimum absolute atomic E-state index is 0.171. The minimum atomic E-state index is -0.185. The molecule has 3 nitrogen and oxygen atoms in total. The first-order valence-corrected chi connectivity index (χ1v) is 6.33. The first-order chi connectivity index (χ1) is 9.04. The van der Waals surface area contributed by atoms with E-state index in [1.54, 1.807) is 30.3 Å². The Hall–Kier alpha value is -1.71. The molecule has 2 aromatic rings. The molecule has 0 radical (unpaired) electrons. The molecule has 2 N–H and O–H groups in total. The summed E-state index contributed by atoms with van der Waals surface area (Å²) in [7, 11) is 0. The molecule has 0 unspecified atom stereocenters. The zero-order chi connectivity index (χ0) is 13.8. The topological polar surface area (TPSA) is 49.3 Å². The maximum Gasteiger partial charge on any atom is 0.228 e. The number of aromatic hydroxyl groups is 1. The number of benzene rings is 2. The Bertz CT molecular complexity index is 597. The van der Waals surface area contributed by atoms with Gasteiger partial charge in [-0.25, -0.2) is 0 Å². The lowest BCUT2D eigenvalue weighted by atomic mass is 10.1. The van der Waals surface area contributed by atoms with Crippen LogP contribution in [0.5, 0.6) is 5.75 Å². The summed E-state index contributed by atoms with van der Waals surface area (Å²) in [6.45, 7) is 0. The van der Waals surface area contributed by atoms with Crippen molar-refractivity contribution in [3.8, 4) is 5.75 Å². The van der Waals surface area contributed by atoms with E-state index in [-0.39, 0.29) is 18.1 Å². The Labute approximate surface area is 120 Å². The van der Waals surface area contributed by atoms with Gasteiger partial charge in [0, 0.05) is 5.02 Å². The Kier molecular flexibility index (Phi) is 4.30. The fourth-order valence-corrected chi connectivity index (χ4v) is 2.04. The summed E-state index contributed by atoms with van der Waals surface area (Å²) in [5, 5.41) is 12.8. The number of carbonyl (C=O) groups is 1. The maximum atomic E-state index is 11.8. The van der Waals surface area contributed by atoms with Gasteiger partial charge < -0.3 is 10.4 Å². The third-order valence-corrected chi connectivity index (χ3v) is 3.05. The van der Waals surface area contributed by atoms with Crippen molar-refractivity contribution in [2.24, 2.45) is 0 Å². The molecule has 0 aromatic heterocycles. The number of rotatable bonds is 3. The SMILES string of the molecule is O=C(Cc1ccc(O)cc1)Nc1ccc(Cl)cc1Cl. The van der Waals surface area contributed by atoms with Gasteiger partial charge in [-0.2, -0.15) is 0 Å². The molecule has 98 valence electrons. The van der Waals surface area contributed by atoms with Gasteiger partial charge in [-0.15, -0.1) is 0 Å². The fourth-order valence-electron chi connectivity index (χ4n) is 1.58. The van der Waals surface area contributed by atoms with Gasteiger partial charge in [0.1, 0.15) is 5.75 Å². The van der Waals surface area contributed by atoms with Crippen molar-refractivity contribution in [2.75, 3.05) is 5.32 Å². The van der Waals surface area contributed by atoms with E-state index >= 15 is 0 Å². The number of anilines is 1. The molecular formula is C14H11Cl2NO2. The number of phenols is 1. The van der Waals surface area contributed by atoms with E-state index in [4.69, 9.17) is 28.3 Å². The molecule has 0 spiro atoms. The van der Waals surface area contributed by atoms with E-state index in [0.717, 1.165) is 5.56 Å². The summed E-state index contributed by atoms with van der Waals surface area (Å²) >= 11 is 11.7. The van der Waals surface area contributed by atoms with Crippen LogP contribution >= 0.6 is 23.2 Å². The van der Waals surface area contributed by atoms with Crippen molar-refractivity contribution in [1.82, 2.24) is 0 Å². The first-order valence-electron chi connectivity index (χ1n) is 5.57. The van der Waals surface area contributed by atoms with Crippen LogP contribution in [0.2, 0.25) is 10.0 Å². The van der Waals surface area contributed by atoms with Gasteiger partial charge in [0.15, 0.2) is 0 Å². The lowest BCUT2D eigenvalue weighted by molar-refractivity contribution is -0.115. The Morgan fingerprint density at radius 1 is 1.11 bits per heavy atom. The van der Waals surface area contributed by atoms with Crippen LogP contribution in [0.1, 0.15) is 5.56 Å². The number of hydrogen-bond donors (Lipinski definition) is 2. The van der Waals surface area contributed by atoms with Crippen LogP contribution in [0, 0.1) is 0 Å². The van der Waals surface area contributed by atoms with Gasteiger partial charge in [0.25, 0.3) is 0 Å². The summed E-state index contributed by atoms with van der Waals surface area (Å²) in [5.41, 5.74) is 1.33. The van der Waals surface area contributed by atoms with E-state index in [9.17, 15) is 4.79 Å². The highest BCUT2D eigenvalue weighted by Gasteiger charge is 2.07. The normalized spacial score (nSPS) is 10.2. The average molecular weight is 296 g/mol. The monoisotopic (exact) mass is 295 g/mol. The number of amides is 1. The zero-order valence-corrected chi connectivity index (χ0v) is 11.4. The first kappa shape index (κ1) is 13.7. The second kappa shape index (κ2) is 5.95. The van der Waals surface area contributed by atoms with Gasteiger partial charge in [-0.05, 0) is 35.9 Å². The summed E-state index contributed by atoms with van der Waals surface area (Å²) in [6, 6.07) is 11.3. The number of halogens is 2. The Balaban J connectivity index is 2.03. The highest BCUT2D eigenvalue weighted by Crippen LogP contribution is 2.25. The molecule has 5 heteroatoms. The van der Waals surface area contributed by atoms with Gasteiger partial charge >= 0.3 is 0 Å². The van der Waals surface area contributed by atoms with Gasteiger partial charge in [-0.1, -0.05) is 35.3 Å². The van der Waals surface area contributed by atoms with Gasteiger partial charge in [-0.3, -0.25) is 4.79 Å². The fraction of sp³-hybridized carbons (Fsp3) is 0.0714. The van der Waals surface area contributed by atoms with Crippen LogP contribution < -0.4 is 5.32 Å². The van der Waals surface area contributed by atoms with Crippen molar-refractivity contribution in [3.63, 3.8) is 0 Å². The molecule has 0 saturated heterocycles. The molecule has 0 saturated carbocycles. The van der Waals surface area contributed by atoms with Crippen LogP contribution in [-0.4, -0.2) is 11.0 Å². The molecule has 0 aliphatic carbocycles. The Morgan fingerprint density at radius 3 is 2.42 bits per heavy atom. The van der Waals surface area contributed by atoms with Crippen molar-refractivity contribution < 1.29 is 9.90 Å². The standard InChI is InChI=1S/C14H11Cl2NO2/c15-10-3-6-13(12(16)8-10)17-14(19)7-9-1-4-11(18)5-2-9/h1-6,8,18H,7H2,(H,17,19). The van der Waals surface area contributed by atoms with E-state index in [1.807, 2.05) is 0 Å². The van der Waals surface area contributed by atoms with Crippen LogP contribution in [0.25, 0.3) is 0 Å². The van der Waals surface area contributed by atoms with Crippen LogP contribution in [0.3, 0.4) is 0 Å². The number of nitrogens with one attached hydrogen (secondary N) is 1. The highest BCUT2D eigenvalue weighted by molar-refractivity contribution is 6.36. The predicted molar refractivity (Wildman–Crippen MR) is 76.9 cm³/mol. The van der Waals surface area contributed by atoms with Gasteiger partial charge in [0.2, 0.25) is 5.91 Å². The number of carbonyl (C=O) groups excluding carboxylic acids is 1. The number of phenolic OH excluding ortho intramolecular Hbond substituents is 1. The van der Waals surface area contributed by atoms with E-state index in [1.165, 1.54) is 12.1 Å². The molecule has 2 rings (SSSR count). The van der Waals surface area contributed by atoms with Crippen molar-refractivity contribution >= 4 is 34.8 Å². The summed E-state index contributed by atoms with van der Waals surface area (Å²) in [6.07, 6.45) is 0.208. The lowest BCUT2D eigenvalue weighted by Crippen LogP contribution is -2.14. The predicted octanol–water partition coefficient (Wildman–Crippen LogP) is 3.88. The molecule has 0 atom stereocenters. The summed E-state index contributed by atoms with van der Waals surface area (Å²) in [5.74, 6) is -0.0141. The van der Waals surface area contributed by atoms with Gasteiger partial charge in [0.05, 0.1) is 17.1 Å². The lowest BCUT2D eigenvalue weighted by Gasteiger charge is -2.07. The van der Waals surface area contributed by atoms with Crippen LogP contribution in [0.15, 0.2) is 42.5 Å². The molecule has 19 heavy (non-hydrogen) atoms. The molecular weight excluding hydrogens is 285 g/mol. The van der Waals surface area contributed by atoms with E-state index < -0.39 is 0 Å². The highest BCUT2D eigenvalue weighted by atomic mass is 35.5. The maximum absolute atomic E-state index is 11.8. The molecule has 0 bridgehead atoms. The largest absolute Gasteiger partial charge is 0.508 e. The van der Waals surface area contributed by atoms with Crippen molar-refractivity contribution in [1.29, 1.82) is 0 Å². The average Bonchev–Trinajstić information content (AvgIpc) is 2.36. The minimum Gasteiger partial charge on any atom is -0.508 e. The second-order valence-corrected chi connectivity index (χ2v) is 4.86. The Morgan fingerprint density at radius 2 is 1.79 bits per heavy atom. The van der Waals surface area contributed by atoms with Crippen molar-refractivity contribution in [2.45, 2.75) is 6.42 Å². The molecule has 1 amide bonds. The van der Waals surface area contributed by atoms with E-state index in [0.29, 0.717) is 15.7 Å². The van der Waals surface area contributed by atoms with Crippen LogP contribution in [-0.2, 0) is 11.2 Å². The third-order valence-electron chi connectivity index (χ3n) is 2.51. The number of hydrogen-bond acceptors (Lipinski definition) is 2. The van der Waals surface area contributed by atoms with Crippen molar-refractivity contribution in [3.05, 3.63) is 58.1 Å². The quantitative estimate of drug-likeness (QED) is 0.903.